The minimum Gasteiger partial charge on any atom is -0.369 e. The first kappa shape index (κ1) is 19.3. The number of hydrogen-bond donors (Lipinski definition) is 1. The largest absolute Gasteiger partial charge is 0.369 e. The van der Waals surface area contributed by atoms with Gasteiger partial charge in [-0.2, -0.15) is 9.97 Å². The van der Waals surface area contributed by atoms with Gasteiger partial charge in [-0.1, -0.05) is 47.2 Å². The minimum atomic E-state index is -0.576. The van der Waals surface area contributed by atoms with Crippen LogP contribution in [-0.2, 0) is 11.3 Å². The number of alkyl halides is 1. The van der Waals surface area contributed by atoms with Gasteiger partial charge in [0.15, 0.2) is 10.8 Å². The zero-order chi connectivity index (χ0) is 17.9. The Bertz CT molecular complexity index is 673. The lowest BCUT2D eigenvalue weighted by molar-refractivity contribution is 0.0537. The molecule has 0 saturated heterocycles. The number of ether oxygens (including phenoxy) is 1. The second kappa shape index (κ2) is 8.37. The van der Waals surface area contributed by atoms with Crippen LogP contribution >= 0.6 is 19.5 Å². The van der Waals surface area contributed by atoms with Gasteiger partial charge in [-0.3, -0.25) is 0 Å². The van der Waals surface area contributed by atoms with Gasteiger partial charge >= 0.3 is 0 Å². The van der Waals surface area contributed by atoms with E-state index in [4.69, 9.17) is 22.1 Å². The zero-order valence-electron chi connectivity index (χ0n) is 14.4. The lowest BCUT2D eigenvalue weighted by atomic mass is 10.4. The maximum Gasteiger partial charge on any atom is 0.223 e. The van der Waals surface area contributed by atoms with Gasteiger partial charge in [0.25, 0.3) is 0 Å². The summed E-state index contributed by atoms with van der Waals surface area (Å²) >= 11 is 6.01. The molecule has 0 spiro atoms. The Balaban J connectivity index is 2.10. The number of imidazole rings is 1. The minimum absolute atomic E-state index is 0.0649. The molecule has 0 saturated carbocycles. The molecule has 2 heterocycles. The van der Waals surface area contributed by atoms with Gasteiger partial charge in [0.1, 0.15) is 18.3 Å². The number of fused-ring (bicyclic) bond motifs is 1. The molecule has 1 unspecified atom stereocenters. The molecule has 2 rings (SSSR count). The van der Waals surface area contributed by atoms with E-state index in [1.54, 1.807) is 10.9 Å². The zero-order valence-corrected chi connectivity index (χ0v) is 16.1. The average Bonchev–Trinajstić information content (AvgIpc) is 2.88. The van der Waals surface area contributed by atoms with Gasteiger partial charge in [-0.25, -0.2) is 9.37 Å². The molecule has 0 aliphatic rings. The molecule has 0 bridgehead atoms. The Hall–Kier alpha value is -1.04. The van der Waals surface area contributed by atoms with E-state index >= 15 is 0 Å². The van der Waals surface area contributed by atoms with Crippen LogP contribution in [0.1, 0.15) is 27.7 Å². The number of halogens is 2. The van der Waals surface area contributed by atoms with E-state index in [0.717, 1.165) is 0 Å². The Morgan fingerprint density at radius 1 is 1.29 bits per heavy atom. The molecule has 9 heteroatoms. The molecule has 0 aromatic carbocycles. The van der Waals surface area contributed by atoms with Crippen LogP contribution in [0.5, 0.6) is 0 Å². The van der Waals surface area contributed by atoms with Crippen molar-refractivity contribution in [2.24, 2.45) is 0 Å². The molecular formula is C15H24ClFN5OP. The Morgan fingerprint density at radius 3 is 2.54 bits per heavy atom. The molecule has 0 amide bonds. The molecule has 0 radical (unpaired) electrons. The molecular weight excluding hydrogens is 352 g/mol. The summed E-state index contributed by atoms with van der Waals surface area (Å²) in [5.74, 6) is 0.0649. The highest BCUT2D eigenvalue weighted by atomic mass is 35.5. The smallest absolute Gasteiger partial charge is 0.223 e. The van der Waals surface area contributed by atoms with Crippen LogP contribution < -0.4 is 5.73 Å². The summed E-state index contributed by atoms with van der Waals surface area (Å²) in [6, 6.07) is 0. The van der Waals surface area contributed by atoms with Gasteiger partial charge < -0.3 is 15.0 Å². The van der Waals surface area contributed by atoms with Crippen LogP contribution in [0.15, 0.2) is 6.33 Å². The molecule has 6 nitrogen and oxygen atoms in total. The van der Waals surface area contributed by atoms with Crippen molar-refractivity contribution in [1.82, 2.24) is 19.5 Å². The predicted molar refractivity (Wildman–Crippen MR) is 97.7 cm³/mol. The lowest BCUT2D eigenvalue weighted by Crippen LogP contribution is -2.24. The quantitative estimate of drug-likeness (QED) is 0.562. The second-order valence-corrected chi connectivity index (χ2v) is 9.93. The van der Waals surface area contributed by atoms with E-state index < -0.39 is 12.8 Å². The average molecular weight is 376 g/mol. The Labute approximate surface area is 147 Å². The maximum absolute atomic E-state index is 13.4. The van der Waals surface area contributed by atoms with Gasteiger partial charge in [-0.05, 0) is 11.3 Å². The van der Waals surface area contributed by atoms with Crippen molar-refractivity contribution in [3.63, 3.8) is 0 Å². The van der Waals surface area contributed by atoms with Crippen LogP contribution in [0.25, 0.3) is 11.2 Å². The highest BCUT2D eigenvalue weighted by Gasteiger charge is 2.21. The summed E-state index contributed by atoms with van der Waals surface area (Å²) in [4.78, 5) is 12.2. The van der Waals surface area contributed by atoms with Crippen molar-refractivity contribution in [1.29, 1.82) is 0 Å². The fourth-order valence-electron chi connectivity index (χ4n) is 2.51. The van der Waals surface area contributed by atoms with Gasteiger partial charge in [-0.15, -0.1) is 0 Å². The highest BCUT2D eigenvalue weighted by Crippen LogP contribution is 2.45. The number of nitrogens with two attached hydrogens (primary N) is 1. The molecule has 2 N–H and O–H groups in total. The van der Waals surface area contributed by atoms with Crippen LogP contribution in [-0.4, -0.2) is 50.0 Å². The molecule has 2 aromatic heterocycles. The van der Waals surface area contributed by atoms with Crippen molar-refractivity contribution < 1.29 is 9.13 Å². The second-order valence-electron chi connectivity index (χ2n) is 6.22. The van der Waals surface area contributed by atoms with Crippen molar-refractivity contribution in [2.45, 2.75) is 51.7 Å². The first-order chi connectivity index (χ1) is 11.3. The maximum atomic E-state index is 13.4. The normalized spacial score (nSPS) is 13.5. The van der Waals surface area contributed by atoms with Crippen LogP contribution in [0.3, 0.4) is 0 Å². The van der Waals surface area contributed by atoms with E-state index in [-0.39, 0.29) is 19.0 Å². The summed E-state index contributed by atoms with van der Waals surface area (Å²) < 4.78 is 21.0. The van der Waals surface area contributed by atoms with E-state index in [1.165, 1.54) is 0 Å². The summed E-state index contributed by atoms with van der Waals surface area (Å²) in [7, 11) is -0.305. The molecule has 2 aromatic rings. The van der Waals surface area contributed by atoms with Crippen LogP contribution in [0, 0.1) is 0 Å². The summed E-state index contributed by atoms with van der Waals surface area (Å²) in [6.07, 6.45) is 1.59. The fourth-order valence-corrected chi connectivity index (χ4v) is 4.90. The van der Waals surface area contributed by atoms with E-state index in [1.807, 2.05) is 0 Å². The molecule has 24 heavy (non-hydrogen) atoms. The molecule has 0 aliphatic carbocycles. The number of nitrogen functional groups attached to an aromatic ring is 1. The molecule has 134 valence electrons. The predicted octanol–water partition coefficient (Wildman–Crippen LogP) is 3.67. The summed E-state index contributed by atoms with van der Waals surface area (Å²) in [5.41, 5.74) is 7.66. The Morgan fingerprint density at radius 2 is 1.96 bits per heavy atom. The molecule has 1 atom stereocenters. The van der Waals surface area contributed by atoms with E-state index in [9.17, 15) is 4.39 Å². The van der Waals surface area contributed by atoms with E-state index in [0.29, 0.717) is 35.4 Å². The standard InChI is InChI=1S/C15H24ClFN5OP/c1-9(2)24(10(3)4)8-23-11(5-17)6-22-7-19-12-13(16)20-15(18)21-14(12)22/h7,9-11H,5-6,8H2,1-4H3,(H2,18,20,21). The number of hydrogen-bond acceptors (Lipinski definition) is 5. The first-order valence-electron chi connectivity index (χ1n) is 7.90. The number of aromatic nitrogens is 4. The Kier molecular flexibility index (Phi) is 6.72. The van der Waals surface area contributed by atoms with Crippen molar-refractivity contribution in [3.8, 4) is 0 Å². The van der Waals surface area contributed by atoms with Crippen molar-refractivity contribution in [3.05, 3.63) is 11.5 Å². The van der Waals surface area contributed by atoms with Gasteiger partial charge in [0.05, 0.1) is 19.2 Å². The summed E-state index contributed by atoms with van der Waals surface area (Å²) in [5, 5.41) is 0.192. The number of nitrogens with zero attached hydrogens (tertiary/aromatic N) is 4. The van der Waals surface area contributed by atoms with Crippen LogP contribution in [0.4, 0.5) is 10.3 Å². The third-order valence-corrected chi connectivity index (χ3v) is 7.16. The van der Waals surface area contributed by atoms with Crippen molar-refractivity contribution in [2.75, 3.05) is 18.8 Å². The topological polar surface area (TPSA) is 78.8 Å². The third-order valence-electron chi connectivity index (χ3n) is 3.80. The van der Waals surface area contributed by atoms with Crippen molar-refractivity contribution >= 4 is 36.6 Å². The molecule has 0 aliphatic heterocycles. The fraction of sp³-hybridized carbons (Fsp3) is 0.667. The summed E-state index contributed by atoms with van der Waals surface area (Å²) in [6.45, 7) is 8.47. The van der Waals surface area contributed by atoms with Gasteiger partial charge in [0.2, 0.25) is 5.95 Å². The number of rotatable bonds is 8. The third kappa shape index (κ3) is 4.52. The number of anilines is 1. The monoisotopic (exact) mass is 375 g/mol. The van der Waals surface area contributed by atoms with E-state index in [2.05, 4.69) is 42.6 Å². The molecule has 0 fully saturated rings. The van der Waals surface area contributed by atoms with Crippen LogP contribution in [0.2, 0.25) is 5.15 Å². The van der Waals surface area contributed by atoms with Gasteiger partial charge in [0, 0.05) is 0 Å². The SMILES string of the molecule is CC(C)P(COC(CF)Cn1cnc2c(Cl)nc(N)nc21)C(C)C. The lowest BCUT2D eigenvalue weighted by Gasteiger charge is -2.27. The highest BCUT2D eigenvalue weighted by molar-refractivity contribution is 7.58. The first-order valence-corrected chi connectivity index (χ1v) is 9.95.